The Morgan fingerprint density at radius 2 is 1.93 bits per heavy atom. The van der Waals surface area contributed by atoms with E-state index in [0.29, 0.717) is 27.2 Å². The van der Waals surface area contributed by atoms with Gasteiger partial charge in [-0.3, -0.25) is 14.5 Å². The first-order valence-corrected chi connectivity index (χ1v) is 10.8. The number of hydrogen-bond donors (Lipinski definition) is 0. The highest BCUT2D eigenvalue weighted by Crippen LogP contribution is 2.36. The molecule has 0 aliphatic heterocycles. The topological polar surface area (TPSA) is 63.2 Å². The molecule has 1 aromatic heterocycles. The molecule has 27 heavy (non-hydrogen) atoms. The van der Waals surface area contributed by atoms with E-state index in [1.807, 2.05) is 49.4 Å². The number of thioether (sulfide) groups is 1. The Morgan fingerprint density at radius 3 is 2.67 bits per heavy atom. The molecule has 1 heterocycles. The average molecular weight is 398 g/mol. The first-order chi connectivity index (χ1) is 13.2. The highest BCUT2D eigenvalue weighted by atomic mass is 32.2. The fourth-order valence-electron chi connectivity index (χ4n) is 2.90. The van der Waals surface area contributed by atoms with Crippen molar-refractivity contribution < 1.29 is 9.59 Å². The third-order valence-electron chi connectivity index (χ3n) is 4.48. The van der Waals surface area contributed by atoms with Crippen LogP contribution in [0.5, 0.6) is 0 Å². The Labute approximate surface area is 165 Å². The number of aromatic nitrogens is 2. The lowest BCUT2D eigenvalue weighted by Crippen LogP contribution is -2.32. The largest absolute Gasteiger partial charge is 0.293 e. The lowest BCUT2D eigenvalue weighted by atomic mass is 10.1. The summed E-state index contributed by atoms with van der Waals surface area (Å²) in [5.41, 5.74) is 0.701. The predicted octanol–water partition coefficient (Wildman–Crippen LogP) is 4.57. The maximum Gasteiger partial charge on any atom is 0.228 e. The first-order valence-electron chi connectivity index (χ1n) is 8.96. The van der Waals surface area contributed by atoms with Crippen molar-refractivity contribution in [2.45, 2.75) is 36.6 Å². The van der Waals surface area contributed by atoms with Crippen molar-refractivity contribution in [3.05, 3.63) is 48.0 Å². The van der Waals surface area contributed by atoms with Crippen LogP contribution < -0.4 is 4.90 Å². The van der Waals surface area contributed by atoms with Crippen molar-refractivity contribution >= 4 is 50.7 Å². The summed E-state index contributed by atoms with van der Waals surface area (Å²) in [6, 6.07) is 14.0. The van der Waals surface area contributed by atoms with Gasteiger partial charge in [0.25, 0.3) is 0 Å². The molecule has 7 heteroatoms. The van der Waals surface area contributed by atoms with Gasteiger partial charge in [-0.05, 0) is 29.7 Å². The van der Waals surface area contributed by atoms with E-state index in [9.17, 15) is 9.59 Å². The summed E-state index contributed by atoms with van der Waals surface area (Å²) in [7, 11) is 0. The maximum absolute atomic E-state index is 12.5. The van der Waals surface area contributed by atoms with Gasteiger partial charge in [0.05, 0.1) is 5.75 Å². The van der Waals surface area contributed by atoms with Crippen LogP contribution in [0.15, 0.2) is 46.8 Å². The molecule has 0 radical (unpaired) electrons. The minimum Gasteiger partial charge on any atom is -0.293 e. The second kappa shape index (κ2) is 7.78. The number of carbonyl (C=O) groups excluding carboxylic acids is 2. The lowest BCUT2D eigenvalue weighted by Gasteiger charge is -2.17. The van der Waals surface area contributed by atoms with Crippen LogP contribution >= 0.6 is 23.1 Å². The number of anilines is 1. The summed E-state index contributed by atoms with van der Waals surface area (Å²) in [5, 5.41) is 11.2. The molecule has 0 bridgehead atoms. The summed E-state index contributed by atoms with van der Waals surface area (Å²) in [4.78, 5) is 26.5. The monoisotopic (exact) mass is 397 g/mol. The fourth-order valence-corrected chi connectivity index (χ4v) is 4.73. The Kier molecular flexibility index (Phi) is 5.22. The average Bonchev–Trinajstić information content (AvgIpc) is 3.43. The standard InChI is InChI=1S/C20H19N3O2S2/c1-2-18(25)23(16-9-10-16)19-21-22-20(27-19)26-12-17(24)15-8-7-13-5-3-4-6-14(13)11-15/h3-8,11,16H,2,9-10,12H2,1H3. The lowest BCUT2D eigenvalue weighted by molar-refractivity contribution is -0.118. The van der Waals surface area contributed by atoms with Crippen LogP contribution in [0.4, 0.5) is 5.13 Å². The van der Waals surface area contributed by atoms with E-state index in [1.165, 1.54) is 23.1 Å². The Balaban J connectivity index is 1.43. The van der Waals surface area contributed by atoms with Crippen LogP contribution in [0.25, 0.3) is 10.8 Å². The zero-order valence-corrected chi connectivity index (χ0v) is 16.6. The molecule has 4 rings (SSSR count). The number of fused-ring (bicyclic) bond motifs is 1. The van der Waals surface area contributed by atoms with E-state index in [2.05, 4.69) is 10.2 Å². The first kappa shape index (κ1) is 18.1. The number of rotatable bonds is 7. The molecular formula is C20H19N3O2S2. The van der Waals surface area contributed by atoms with Crippen LogP contribution in [0, 0.1) is 0 Å². The molecule has 0 atom stereocenters. The Hall–Kier alpha value is -2.25. The molecule has 1 aliphatic rings. The summed E-state index contributed by atoms with van der Waals surface area (Å²) in [5.74, 6) is 0.446. The number of amides is 1. The van der Waals surface area contributed by atoms with Gasteiger partial charge in [0, 0.05) is 18.0 Å². The fraction of sp³-hybridized carbons (Fsp3) is 0.300. The molecule has 138 valence electrons. The van der Waals surface area contributed by atoms with Crippen LogP contribution in [0.3, 0.4) is 0 Å². The number of carbonyl (C=O) groups is 2. The van der Waals surface area contributed by atoms with E-state index < -0.39 is 0 Å². The van der Waals surface area contributed by atoms with E-state index >= 15 is 0 Å². The molecule has 0 saturated heterocycles. The van der Waals surface area contributed by atoms with Gasteiger partial charge in [0.2, 0.25) is 11.0 Å². The van der Waals surface area contributed by atoms with E-state index in [-0.39, 0.29) is 17.7 Å². The molecule has 0 spiro atoms. The number of Topliss-reactive ketones (excluding diaryl/α,β-unsaturated/α-hetero) is 1. The molecular weight excluding hydrogens is 378 g/mol. The number of benzene rings is 2. The molecule has 0 unspecified atom stereocenters. The van der Waals surface area contributed by atoms with Gasteiger partial charge in [0.15, 0.2) is 10.1 Å². The van der Waals surface area contributed by atoms with Crippen molar-refractivity contribution in [2.24, 2.45) is 0 Å². The van der Waals surface area contributed by atoms with Crippen LogP contribution in [0.2, 0.25) is 0 Å². The van der Waals surface area contributed by atoms with Crippen molar-refractivity contribution in [1.29, 1.82) is 0 Å². The van der Waals surface area contributed by atoms with Gasteiger partial charge < -0.3 is 0 Å². The molecule has 1 amide bonds. The summed E-state index contributed by atoms with van der Waals surface area (Å²) < 4.78 is 0.716. The van der Waals surface area contributed by atoms with Gasteiger partial charge in [-0.15, -0.1) is 10.2 Å². The number of nitrogens with zero attached hydrogens (tertiary/aromatic N) is 3. The third-order valence-corrected chi connectivity index (χ3v) is 6.54. The third kappa shape index (κ3) is 4.04. The zero-order chi connectivity index (χ0) is 18.8. The molecule has 1 fully saturated rings. The molecule has 3 aromatic rings. The minimum atomic E-state index is 0.0613. The second-order valence-electron chi connectivity index (χ2n) is 6.47. The molecule has 1 saturated carbocycles. The van der Waals surface area contributed by atoms with Crippen molar-refractivity contribution in [2.75, 3.05) is 10.7 Å². The quantitative estimate of drug-likeness (QED) is 0.332. The van der Waals surface area contributed by atoms with Crippen LogP contribution in [-0.2, 0) is 4.79 Å². The van der Waals surface area contributed by atoms with Crippen molar-refractivity contribution in [1.82, 2.24) is 10.2 Å². The molecule has 1 aliphatic carbocycles. The number of ketones is 1. The molecule has 2 aromatic carbocycles. The second-order valence-corrected chi connectivity index (χ2v) is 8.65. The summed E-state index contributed by atoms with van der Waals surface area (Å²) in [6.45, 7) is 1.86. The van der Waals surface area contributed by atoms with Crippen LogP contribution in [0.1, 0.15) is 36.5 Å². The molecule has 5 nitrogen and oxygen atoms in total. The summed E-state index contributed by atoms with van der Waals surface area (Å²) in [6.07, 6.45) is 2.50. The predicted molar refractivity (Wildman–Crippen MR) is 110 cm³/mol. The van der Waals surface area contributed by atoms with Gasteiger partial charge in [-0.25, -0.2) is 0 Å². The minimum absolute atomic E-state index is 0.0613. The Bertz CT molecular complexity index is 998. The summed E-state index contributed by atoms with van der Waals surface area (Å²) >= 11 is 2.76. The van der Waals surface area contributed by atoms with Crippen molar-refractivity contribution in [3.63, 3.8) is 0 Å². The Morgan fingerprint density at radius 1 is 1.15 bits per heavy atom. The number of hydrogen-bond acceptors (Lipinski definition) is 6. The van der Waals surface area contributed by atoms with E-state index in [4.69, 9.17) is 0 Å². The maximum atomic E-state index is 12.5. The molecule has 0 N–H and O–H groups in total. The van der Waals surface area contributed by atoms with Gasteiger partial charge in [-0.2, -0.15) is 0 Å². The van der Waals surface area contributed by atoms with Crippen molar-refractivity contribution in [3.8, 4) is 0 Å². The highest BCUT2D eigenvalue weighted by molar-refractivity contribution is 8.01. The van der Waals surface area contributed by atoms with Gasteiger partial charge in [0.1, 0.15) is 0 Å². The normalized spacial score (nSPS) is 13.7. The zero-order valence-electron chi connectivity index (χ0n) is 14.9. The highest BCUT2D eigenvalue weighted by Gasteiger charge is 2.35. The van der Waals surface area contributed by atoms with Gasteiger partial charge in [-0.1, -0.05) is 66.4 Å². The SMILES string of the molecule is CCC(=O)N(c1nnc(SCC(=O)c2ccc3ccccc3c2)s1)C1CC1. The smallest absolute Gasteiger partial charge is 0.228 e. The van der Waals surface area contributed by atoms with Gasteiger partial charge >= 0.3 is 0 Å². The van der Waals surface area contributed by atoms with Crippen LogP contribution in [-0.4, -0.2) is 33.7 Å². The van der Waals surface area contributed by atoms with E-state index in [0.717, 1.165) is 23.6 Å². The van der Waals surface area contributed by atoms with E-state index in [1.54, 1.807) is 4.90 Å².